The van der Waals surface area contributed by atoms with E-state index >= 15 is 0 Å². The first-order valence-corrected chi connectivity index (χ1v) is 24.0. The van der Waals surface area contributed by atoms with E-state index in [1.54, 1.807) is 0 Å². The molecule has 324 valence electrons. The van der Waals surface area contributed by atoms with Crippen LogP contribution in [0.5, 0.6) is 0 Å². The quantitative estimate of drug-likeness (QED) is 0.140. The van der Waals surface area contributed by atoms with Gasteiger partial charge in [0.05, 0.1) is 10.8 Å². The Morgan fingerprint density at radius 1 is 0.203 bits per heavy atom. The van der Waals surface area contributed by atoms with Gasteiger partial charge in [-0.3, -0.25) is 0 Å². The van der Waals surface area contributed by atoms with Gasteiger partial charge in [-0.05, 0) is 125 Å². The first-order valence-electron chi connectivity index (χ1n) is 24.0. The zero-order chi connectivity index (χ0) is 45.8. The lowest BCUT2D eigenvalue weighted by atomic mass is 9.67. The van der Waals surface area contributed by atoms with Crippen molar-refractivity contribution in [1.29, 1.82) is 0 Å². The SMILES string of the molecule is c1ccc(-c2ccc(-c3cccc(N(c4ccc(C5(c6ccccc6)c6ccccc6-c6ccccc65)cc4)c4ccc5c(c4)C(c4ccccc4)(c4ccccc4)c4ccccc4-5)c3)cc2)cc1. The molecule has 0 amide bonds. The number of anilines is 3. The van der Waals surface area contributed by atoms with Crippen molar-refractivity contribution < 1.29 is 0 Å². The maximum atomic E-state index is 2.47. The predicted molar refractivity (Wildman–Crippen MR) is 287 cm³/mol. The van der Waals surface area contributed by atoms with Gasteiger partial charge in [-0.2, -0.15) is 0 Å². The van der Waals surface area contributed by atoms with Crippen LogP contribution < -0.4 is 4.90 Å². The van der Waals surface area contributed by atoms with Crippen LogP contribution in [0.3, 0.4) is 0 Å². The summed E-state index contributed by atoms with van der Waals surface area (Å²) in [5.41, 5.74) is 22.3. The minimum atomic E-state index is -0.534. The number of fused-ring (bicyclic) bond motifs is 6. The third kappa shape index (κ3) is 6.32. The summed E-state index contributed by atoms with van der Waals surface area (Å²) in [6, 6.07) is 105. The number of nitrogens with zero attached hydrogens (tertiary/aromatic N) is 1. The van der Waals surface area contributed by atoms with E-state index in [1.807, 2.05) is 0 Å². The third-order valence-electron chi connectivity index (χ3n) is 14.8. The molecule has 0 aromatic heterocycles. The smallest absolute Gasteiger partial charge is 0.0714 e. The van der Waals surface area contributed by atoms with Crippen LogP contribution in [0.4, 0.5) is 17.1 Å². The molecule has 0 saturated carbocycles. The lowest BCUT2D eigenvalue weighted by Gasteiger charge is -2.35. The van der Waals surface area contributed by atoms with Gasteiger partial charge in [0, 0.05) is 17.1 Å². The van der Waals surface area contributed by atoms with E-state index in [-0.39, 0.29) is 0 Å². The number of benzene rings is 11. The zero-order valence-electron chi connectivity index (χ0n) is 38.1. The van der Waals surface area contributed by atoms with Gasteiger partial charge < -0.3 is 4.90 Å². The molecule has 0 bridgehead atoms. The van der Waals surface area contributed by atoms with Gasteiger partial charge in [0.15, 0.2) is 0 Å². The Balaban J connectivity index is 1.02. The molecule has 0 unspecified atom stereocenters. The van der Waals surface area contributed by atoms with Gasteiger partial charge in [-0.25, -0.2) is 0 Å². The van der Waals surface area contributed by atoms with Crippen LogP contribution in [0.15, 0.2) is 285 Å². The van der Waals surface area contributed by atoms with Crippen LogP contribution in [-0.4, -0.2) is 0 Å². The Labute approximate surface area is 404 Å². The van der Waals surface area contributed by atoms with Crippen molar-refractivity contribution in [3.8, 4) is 44.5 Å². The van der Waals surface area contributed by atoms with Crippen LogP contribution in [0, 0.1) is 0 Å². The second kappa shape index (κ2) is 16.5. The third-order valence-corrected chi connectivity index (χ3v) is 14.8. The average molecular weight is 878 g/mol. The molecule has 0 atom stereocenters. The predicted octanol–water partition coefficient (Wildman–Crippen LogP) is 17.2. The Bertz CT molecular complexity index is 3550. The van der Waals surface area contributed by atoms with Crippen molar-refractivity contribution in [2.24, 2.45) is 0 Å². The summed E-state index contributed by atoms with van der Waals surface area (Å²) in [6.07, 6.45) is 0. The van der Waals surface area contributed by atoms with E-state index in [0.29, 0.717) is 0 Å². The normalized spacial score (nSPS) is 13.4. The van der Waals surface area contributed by atoms with E-state index in [9.17, 15) is 0 Å². The lowest BCUT2D eigenvalue weighted by molar-refractivity contribution is 0.768. The maximum absolute atomic E-state index is 2.47. The van der Waals surface area contributed by atoms with Crippen molar-refractivity contribution in [1.82, 2.24) is 0 Å². The van der Waals surface area contributed by atoms with Gasteiger partial charge >= 0.3 is 0 Å². The number of hydrogen-bond acceptors (Lipinski definition) is 1. The first-order chi connectivity index (χ1) is 34.2. The van der Waals surface area contributed by atoms with Gasteiger partial charge in [0.2, 0.25) is 0 Å². The fourth-order valence-corrected chi connectivity index (χ4v) is 11.9. The molecule has 0 N–H and O–H groups in total. The highest BCUT2D eigenvalue weighted by Gasteiger charge is 2.47. The van der Waals surface area contributed by atoms with E-state index < -0.39 is 10.8 Å². The van der Waals surface area contributed by atoms with Gasteiger partial charge in [0.1, 0.15) is 0 Å². The van der Waals surface area contributed by atoms with Crippen LogP contribution in [-0.2, 0) is 10.8 Å². The fraction of sp³-hybridized carbons (Fsp3) is 0.0294. The minimum Gasteiger partial charge on any atom is -0.310 e. The Kier molecular flexibility index (Phi) is 9.70. The highest BCUT2D eigenvalue weighted by molar-refractivity contribution is 5.91. The molecule has 2 aliphatic rings. The van der Waals surface area contributed by atoms with Crippen molar-refractivity contribution in [2.45, 2.75) is 10.8 Å². The summed E-state index contributed by atoms with van der Waals surface area (Å²) >= 11 is 0. The Morgan fingerprint density at radius 2 is 0.551 bits per heavy atom. The molecule has 0 saturated heterocycles. The first kappa shape index (κ1) is 40.5. The van der Waals surface area contributed by atoms with Gasteiger partial charge in [-0.1, -0.05) is 249 Å². The highest BCUT2D eigenvalue weighted by Crippen LogP contribution is 2.59. The molecule has 0 radical (unpaired) electrons. The highest BCUT2D eigenvalue weighted by atomic mass is 15.1. The zero-order valence-corrected chi connectivity index (χ0v) is 38.1. The summed E-state index contributed by atoms with van der Waals surface area (Å²) in [5.74, 6) is 0. The van der Waals surface area contributed by atoms with Crippen LogP contribution in [0.1, 0.15) is 44.5 Å². The molecule has 0 spiro atoms. The van der Waals surface area contributed by atoms with Crippen molar-refractivity contribution in [2.75, 3.05) is 4.90 Å². The molecular weight excluding hydrogens is 831 g/mol. The molecule has 1 nitrogen and oxygen atoms in total. The van der Waals surface area contributed by atoms with Crippen LogP contribution >= 0.6 is 0 Å². The summed E-state index contributed by atoms with van der Waals surface area (Å²) in [7, 11) is 0. The van der Waals surface area contributed by atoms with Crippen molar-refractivity contribution in [3.63, 3.8) is 0 Å². The number of hydrogen-bond donors (Lipinski definition) is 0. The van der Waals surface area contributed by atoms with E-state index in [0.717, 1.165) is 22.6 Å². The molecule has 0 heterocycles. The molecule has 2 aliphatic carbocycles. The van der Waals surface area contributed by atoms with Crippen LogP contribution in [0.2, 0.25) is 0 Å². The molecule has 11 aromatic rings. The minimum absolute atomic E-state index is 0.492. The number of rotatable bonds is 9. The average Bonchev–Trinajstić information content (AvgIpc) is 3.91. The van der Waals surface area contributed by atoms with Crippen molar-refractivity contribution >= 4 is 17.1 Å². The Hall–Kier alpha value is -8.78. The monoisotopic (exact) mass is 877 g/mol. The van der Waals surface area contributed by atoms with E-state index in [4.69, 9.17) is 0 Å². The van der Waals surface area contributed by atoms with Gasteiger partial charge in [-0.15, -0.1) is 0 Å². The second-order valence-corrected chi connectivity index (χ2v) is 18.3. The summed E-state index contributed by atoms with van der Waals surface area (Å²) in [4.78, 5) is 2.46. The van der Waals surface area contributed by atoms with Gasteiger partial charge in [0.25, 0.3) is 0 Å². The van der Waals surface area contributed by atoms with E-state index in [2.05, 4.69) is 290 Å². The lowest BCUT2D eigenvalue weighted by Crippen LogP contribution is -2.29. The standard InChI is InChI=1S/C68H47N/c1-5-20-48(21-6-1)49-36-38-50(39-37-49)51-22-19-29-57(46-51)69(56-42-40-55(41-43-56)67(52-23-7-2-8-24-52)63-33-16-13-30-59(63)60-31-14-17-34-64(60)67)58-44-45-62-61-32-15-18-35-65(61)68(66(62)47-58,53-25-9-3-10-26-53)54-27-11-4-12-28-54/h1-47H. The molecule has 1 heteroatoms. The molecule has 0 aliphatic heterocycles. The molecule has 0 fully saturated rings. The second-order valence-electron chi connectivity index (χ2n) is 18.3. The molecular formula is C68H47N. The summed E-state index contributed by atoms with van der Waals surface area (Å²) < 4.78 is 0. The van der Waals surface area contributed by atoms with Crippen molar-refractivity contribution in [3.05, 3.63) is 330 Å². The van der Waals surface area contributed by atoms with E-state index in [1.165, 1.54) is 83.5 Å². The van der Waals surface area contributed by atoms with Crippen LogP contribution in [0.25, 0.3) is 44.5 Å². The Morgan fingerprint density at radius 3 is 1.06 bits per heavy atom. The fourth-order valence-electron chi connectivity index (χ4n) is 11.9. The molecule has 69 heavy (non-hydrogen) atoms. The molecule has 11 aromatic carbocycles. The molecule has 13 rings (SSSR count). The summed E-state index contributed by atoms with van der Waals surface area (Å²) in [6.45, 7) is 0. The summed E-state index contributed by atoms with van der Waals surface area (Å²) in [5, 5.41) is 0. The topological polar surface area (TPSA) is 3.24 Å². The largest absolute Gasteiger partial charge is 0.310 e. The maximum Gasteiger partial charge on any atom is 0.0714 e.